The van der Waals surface area contributed by atoms with E-state index in [1.807, 2.05) is 44.3 Å². The number of carbonyl (C=O) groups excluding carboxylic acids is 1. The highest BCUT2D eigenvalue weighted by atomic mass is 16.1. The van der Waals surface area contributed by atoms with Gasteiger partial charge in [-0.15, -0.1) is 0 Å². The van der Waals surface area contributed by atoms with Crippen molar-refractivity contribution in [1.29, 1.82) is 0 Å². The van der Waals surface area contributed by atoms with Crippen molar-refractivity contribution < 1.29 is 4.79 Å². The number of nitrogens with one attached hydrogen (secondary N) is 2. The van der Waals surface area contributed by atoms with Crippen LogP contribution in [0.25, 0.3) is 22.1 Å². The number of aryl methyl sites for hydroxylation is 3. The van der Waals surface area contributed by atoms with Gasteiger partial charge in [0.1, 0.15) is 11.6 Å². The van der Waals surface area contributed by atoms with E-state index in [1.165, 1.54) is 0 Å². The van der Waals surface area contributed by atoms with Crippen molar-refractivity contribution >= 4 is 33.7 Å². The first-order chi connectivity index (χ1) is 12.5. The maximum Gasteiger partial charge on any atom is 0.255 e. The molecular formula is C20H21N5O. The lowest BCUT2D eigenvalue weighted by atomic mass is 10.2. The number of hydrogen-bond donors (Lipinski definition) is 2. The van der Waals surface area contributed by atoms with Crippen LogP contribution in [0.1, 0.15) is 35.4 Å². The molecule has 0 radical (unpaired) electrons. The SMILES string of the molecule is CCCc1nc2cc(NC(=O)c3ccc4nc(C)[nH]c4c3)ccc2n1C. The highest BCUT2D eigenvalue weighted by Gasteiger charge is 2.11. The summed E-state index contributed by atoms with van der Waals surface area (Å²) in [5.41, 5.74) is 5.02. The first-order valence-electron chi connectivity index (χ1n) is 8.78. The molecule has 6 heteroatoms. The molecule has 0 fully saturated rings. The van der Waals surface area contributed by atoms with Crippen LogP contribution < -0.4 is 5.32 Å². The molecule has 0 unspecified atom stereocenters. The second-order valence-electron chi connectivity index (χ2n) is 6.55. The molecule has 0 bridgehead atoms. The zero-order chi connectivity index (χ0) is 18.3. The molecule has 26 heavy (non-hydrogen) atoms. The van der Waals surface area contributed by atoms with Gasteiger partial charge in [-0.2, -0.15) is 0 Å². The van der Waals surface area contributed by atoms with Gasteiger partial charge in [0.15, 0.2) is 0 Å². The van der Waals surface area contributed by atoms with E-state index in [2.05, 4.69) is 31.8 Å². The van der Waals surface area contributed by atoms with Crippen LogP contribution in [-0.2, 0) is 13.5 Å². The normalized spacial score (nSPS) is 11.3. The van der Waals surface area contributed by atoms with E-state index in [9.17, 15) is 4.79 Å². The van der Waals surface area contributed by atoms with Gasteiger partial charge in [0.25, 0.3) is 5.91 Å². The molecule has 4 aromatic rings. The molecule has 0 saturated carbocycles. The number of benzene rings is 2. The lowest BCUT2D eigenvalue weighted by molar-refractivity contribution is 0.102. The van der Waals surface area contributed by atoms with Crippen LogP contribution >= 0.6 is 0 Å². The monoisotopic (exact) mass is 347 g/mol. The van der Waals surface area contributed by atoms with Crippen molar-refractivity contribution in [3.63, 3.8) is 0 Å². The number of fused-ring (bicyclic) bond motifs is 2. The number of nitrogens with zero attached hydrogens (tertiary/aromatic N) is 3. The number of aromatic nitrogens is 4. The fourth-order valence-corrected chi connectivity index (χ4v) is 3.26. The van der Waals surface area contributed by atoms with E-state index in [0.29, 0.717) is 5.56 Å². The number of rotatable bonds is 4. The van der Waals surface area contributed by atoms with Gasteiger partial charge >= 0.3 is 0 Å². The topological polar surface area (TPSA) is 75.6 Å². The molecule has 6 nitrogen and oxygen atoms in total. The summed E-state index contributed by atoms with van der Waals surface area (Å²) in [6.07, 6.45) is 1.99. The van der Waals surface area contributed by atoms with Crippen LogP contribution in [0.3, 0.4) is 0 Å². The Kier molecular flexibility index (Phi) is 3.95. The largest absolute Gasteiger partial charge is 0.342 e. The number of imidazole rings is 2. The van der Waals surface area contributed by atoms with Crippen LogP contribution in [0.5, 0.6) is 0 Å². The van der Waals surface area contributed by atoms with Gasteiger partial charge in [-0.1, -0.05) is 6.92 Å². The fourth-order valence-electron chi connectivity index (χ4n) is 3.26. The smallest absolute Gasteiger partial charge is 0.255 e. The molecular weight excluding hydrogens is 326 g/mol. The molecule has 2 heterocycles. The number of amides is 1. The second-order valence-corrected chi connectivity index (χ2v) is 6.55. The highest BCUT2D eigenvalue weighted by Crippen LogP contribution is 2.21. The number of anilines is 1. The second kappa shape index (κ2) is 6.29. The Morgan fingerprint density at radius 1 is 1.15 bits per heavy atom. The highest BCUT2D eigenvalue weighted by molar-refractivity contribution is 6.06. The molecule has 2 N–H and O–H groups in total. The first-order valence-corrected chi connectivity index (χ1v) is 8.78. The van der Waals surface area contributed by atoms with E-state index in [-0.39, 0.29) is 5.91 Å². The van der Waals surface area contributed by atoms with E-state index in [0.717, 1.165) is 52.2 Å². The lowest BCUT2D eigenvalue weighted by Crippen LogP contribution is -2.11. The predicted octanol–water partition coefficient (Wildman–Crippen LogP) is 3.96. The summed E-state index contributed by atoms with van der Waals surface area (Å²) in [6, 6.07) is 11.3. The average Bonchev–Trinajstić information content (AvgIpc) is 3.13. The fraction of sp³-hybridized carbons (Fsp3) is 0.250. The number of carbonyl (C=O) groups is 1. The Balaban J connectivity index is 1.61. The van der Waals surface area contributed by atoms with Gasteiger partial charge in [-0.05, 0) is 49.7 Å². The zero-order valence-corrected chi connectivity index (χ0v) is 15.1. The lowest BCUT2D eigenvalue weighted by Gasteiger charge is -2.06. The summed E-state index contributed by atoms with van der Waals surface area (Å²) < 4.78 is 2.11. The van der Waals surface area contributed by atoms with Crippen LogP contribution in [0.2, 0.25) is 0 Å². The summed E-state index contributed by atoms with van der Waals surface area (Å²) >= 11 is 0. The predicted molar refractivity (Wildman–Crippen MR) is 103 cm³/mol. The van der Waals surface area contributed by atoms with Crippen molar-refractivity contribution in [3.05, 3.63) is 53.6 Å². The Bertz CT molecular complexity index is 1120. The molecule has 132 valence electrons. The Morgan fingerprint density at radius 3 is 2.81 bits per heavy atom. The van der Waals surface area contributed by atoms with E-state index < -0.39 is 0 Å². The Hall–Kier alpha value is -3.15. The Labute approximate surface area is 151 Å². The quantitative estimate of drug-likeness (QED) is 0.587. The minimum atomic E-state index is -0.150. The van der Waals surface area contributed by atoms with Crippen LogP contribution in [0.15, 0.2) is 36.4 Å². The molecule has 0 saturated heterocycles. The van der Waals surface area contributed by atoms with Gasteiger partial charge in [0.2, 0.25) is 0 Å². The number of hydrogen-bond acceptors (Lipinski definition) is 3. The number of H-pyrrole nitrogens is 1. The van der Waals surface area contributed by atoms with E-state index in [1.54, 1.807) is 6.07 Å². The standard InChI is InChI=1S/C20H21N5O/c1-4-5-19-24-17-11-14(7-9-18(17)25(19)3)23-20(26)13-6-8-15-16(10-13)22-12(2)21-15/h6-11H,4-5H2,1-3H3,(H,21,22)(H,23,26). The maximum atomic E-state index is 12.6. The van der Waals surface area contributed by atoms with Gasteiger partial charge < -0.3 is 14.9 Å². The molecule has 0 spiro atoms. The third-order valence-corrected chi connectivity index (χ3v) is 4.57. The molecule has 2 aromatic heterocycles. The van der Waals surface area contributed by atoms with Gasteiger partial charge in [-0.25, -0.2) is 9.97 Å². The summed E-state index contributed by atoms with van der Waals surface area (Å²) in [7, 11) is 2.03. The minimum absolute atomic E-state index is 0.150. The third-order valence-electron chi connectivity index (χ3n) is 4.57. The number of aromatic amines is 1. The van der Waals surface area contributed by atoms with Crippen molar-refractivity contribution in [2.75, 3.05) is 5.32 Å². The first kappa shape index (κ1) is 16.3. The van der Waals surface area contributed by atoms with E-state index in [4.69, 9.17) is 0 Å². The van der Waals surface area contributed by atoms with Gasteiger partial charge in [0, 0.05) is 24.7 Å². The minimum Gasteiger partial charge on any atom is -0.342 e. The van der Waals surface area contributed by atoms with Crippen molar-refractivity contribution in [2.24, 2.45) is 7.05 Å². The van der Waals surface area contributed by atoms with Crippen molar-refractivity contribution in [3.8, 4) is 0 Å². The molecule has 0 aliphatic rings. The molecule has 0 atom stereocenters. The van der Waals surface area contributed by atoms with Crippen LogP contribution in [0, 0.1) is 6.92 Å². The van der Waals surface area contributed by atoms with Crippen molar-refractivity contribution in [1.82, 2.24) is 19.5 Å². The summed E-state index contributed by atoms with van der Waals surface area (Å²) in [5, 5.41) is 2.96. The maximum absolute atomic E-state index is 12.6. The zero-order valence-electron chi connectivity index (χ0n) is 15.1. The molecule has 0 aliphatic carbocycles. The van der Waals surface area contributed by atoms with Crippen molar-refractivity contribution in [2.45, 2.75) is 26.7 Å². The van der Waals surface area contributed by atoms with E-state index >= 15 is 0 Å². The average molecular weight is 347 g/mol. The summed E-state index contributed by atoms with van der Waals surface area (Å²) in [5.74, 6) is 1.75. The molecule has 1 amide bonds. The third kappa shape index (κ3) is 2.83. The summed E-state index contributed by atoms with van der Waals surface area (Å²) in [4.78, 5) is 24.8. The molecule has 4 rings (SSSR count). The van der Waals surface area contributed by atoms with Gasteiger partial charge in [-0.3, -0.25) is 4.79 Å². The summed E-state index contributed by atoms with van der Waals surface area (Å²) in [6.45, 7) is 4.04. The molecule has 0 aliphatic heterocycles. The van der Waals surface area contributed by atoms with Crippen LogP contribution in [0.4, 0.5) is 5.69 Å². The van der Waals surface area contributed by atoms with Gasteiger partial charge in [0.05, 0.1) is 22.1 Å². The van der Waals surface area contributed by atoms with Crippen LogP contribution in [-0.4, -0.2) is 25.4 Å². The Morgan fingerprint density at radius 2 is 2.00 bits per heavy atom. The molecule has 2 aromatic carbocycles.